The number of nitrogens with one attached hydrogen (secondary N) is 1. The first kappa shape index (κ1) is 15.0. The van der Waals surface area contributed by atoms with Gasteiger partial charge in [-0.05, 0) is 31.6 Å². The largest absolute Gasteiger partial charge is 0.393 e. The van der Waals surface area contributed by atoms with E-state index in [2.05, 4.69) is 35.1 Å². The summed E-state index contributed by atoms with van der Waals surface area (Å²) in [6.45, 7) is 8.02. The fraction of sp³-hybridized carbons (Fsp3) is 0.688. The molecule has 2 aromatic rings. The summed E-state index contributed by atoms with van der Waals surface area (Å²) in [5.41, 5.74) is 2.72. The average Bonchev–Trinajstić information content (AvgIpc) is 3.00. The number of thiazole rings is 1. The van der Waals surface area contributed by atoms with Crippen molar-refractivity contribution >= 4 is 16.3 Å². The Morgan fingerprint density at radius 1 is 1.52 bits per heavy atom. The molecule has 1 saturated carbocycles. The summed E-state index contributed by atoms with van der Waals surface area (Å²) in [4.78, 5) is 5.91. The van der Waals surface area contributed by atoms with Crippen molar-refractivity contribution in [1.82, 2.24) is 14.7 Å². The van der Waals surface area contributed by atoms with Crippen molar-refractivity contribution in [2.45, 2.75) is 58.6 Å². The second kappa shape index (κ2) is 5.71. The Balaban J connectivity index is 1.67. The average molecular weight is 307 g/mol. The lowest BCUT2D eigenvalue weighted by Gasteiger charge is -2.26. The molecule has 1 atom stereocenters. The molecule has 0 aromatic carbocycles. The molecular weight excluding hydrogens is 282 g/mol. The Hall–Kier alpha value is -0.910. The summed E-state index contributed by atoms with van der Waals surface area (Å²) in [5.74, 6) is 0.680. The van der Waals surface area contributed by atoms with E-state index in [0.29, 0.717) is 5.92 Å². The SMILES string of the molecule is CC(O)CC(C)(C)CNCc1c(C2CC2)nc2sccn12. The van der Waals surface area contributed by atoms with Gasteiger partial charge in [-0.2, -0.15) is 0 Å². The van der Waals surface area contributed by atoms with E-state index >= 15 is 0 Å². The van der Waals surface area contributed by atoms with Crippen LogP contribution in [-0.2, 0) is 6.54 Å². The number of hydrogen-bond donors (Lipinski definition) is 2. The maximum absolute atomic E-state index is 9.57. The highest BCUT2D eigenvalue weighted by Crippen LogP contribution is 2.41. The quantitative estimate of drug-likeness (QED) is 0.826. The lowest BCUT2D eigenvalue weighted by atomic mass is 9.87. The van der Waals surface area contributed by atoms with Crippen LogP contribution in [0.1, 0.15) is 57.3 Å². The molecule has 0 radical (unpaired) electrons. The van der Waals surface area contributed by atoms with Crippen LogP contribution in [0, 0.1) is 5.41 Å². The molecule has 4 nitrogen and oxygen atoms in total. The van der Waals surface area contributed by atoms with Crippen molar-refractivity contribution in [3.8, 4) is 0 Å². The third-order valence-corrected chi connectivity index (χ3v) is 4.86. The number of rotatable bonds is 7. The Labute approximate surface area is 130 Å². The van der Waals surface area contributed by atoms with E-state index in [1.54, 1.807) is 11.3 Å². The molecular formula is C16H25N3OS. The molecule has 2 N–H and O–H groups in total. The van der Waals surface area contributed by atoms with Crippen LogP contribution in [0.2, 0.25) is 0 Å². The van der Waals surface area contributed by atoms with Crippen LogP contribution in [0.3, 0.4) is 0 Å². The predicted octanol–water partition coefficient (Wildman–Crippen LogP) is 3.16. The fourth-order valence-electron chi connectivity index (χ4n) is 3.10. The summed E-state index contributed by atoms with van der Waals surface area (Å²) in [5, 5.41) is 15.2. The van der Waals surface area contributed by atoms with Crippen molar-refractivity contribution in [2.24, 2.45) is 5.41 Å². The van der Waals surface area contributed by atoms with E-state index in [0.717, 1.165) is 24.5 Å². The van der Waals surface area contributed by atoms with Crippen LogP contribution in [-0.4, -0.2) is 27.1 Å². The van der Waals surface area contributed by atoms with Crippen molar-refractivity contribution in [2.75, 3.05) is 6.54 Å². The van der Waals surface area contributed by atoms with Gasteiger partial charge in [0.05, 0.1) is 17.5 Å². The van der Waals surface area contributed by atoms with Gasteiger partial charge in [-0.15, -0.1) is 11.3 Å². The normalized spacial score (nSPS) is 17.5. The molecule has 1 aliphatic carbocycles. The van der Waals surface area contributed by atoms with Gasteiger partial charge < -0.3 is 10.4 Å². The molecule has 116 valence electrons. The molecule has 21 heavy (non-hydrogen) atoms. The van der Waals surface area contributed by atoms with Gasteiger partial charge in [0.1, 0.15) is 0 Å². The van der Waals surface area contributed by atoms with Gasteiger partial charge in [0, 0.05) is 30.6 Å². The van der Waals surface area contributed by atoms with Gasteiger partial charge in [-0.1, -0.05) is 13.8 Å². The minimum atomic E-state index is -0.248. The van der Waals surface area contributed by atoms with E-state index in [4.69, 9.17) is 4.98 Å². The topological polar surface area (TPSA) is 49.6 Å². The molecule has 3 rings (SSSR count). The number of aliphatic hydroxyl groups is 1. The van der Waals surface area contributed by atoms with Crippen LogP contribution in [0.25, 0.3) is 4.96 Å². The van der Waals surface area contributed by atoms with Gasteiger partial charge in [-0.25, -0.2) is 4.98 Å². The molecule has 0 bridgehead atoms. The zero-order valence-electron chi connectivity index (χ0n) is 13.1. The van der Waals surface area contributed by atoms with E-state index in [9.17, 15) is 5.11 Å². The second-order valence-electron chi connectivity index (χ2n) is 7.09. The maximum atomic E-state index is 9.57. The smallest absolute Gasteiger partial charge is 0.194 e. The molecule has 1 unspecified atom stereocenters. The Morgan fingerprint density at radius 2 is 2.29 bits per heavy atom. The van der Waals surface area contributed by atoms with Gasteiger partial charge in [0.25, 0.3) is 0 Å². The van der Waals surface area contributed by atoms with Crippen LogP contribution < -0.4 is 5.32 Å². The van der Waals surface area contributed by atoms with Crippen molar-refractivity contribution < 1.29 is 5.11 Å². The first-order valence-corrected chi connectivity index (χ1v) is 8.67. The van der Waals surface area contributed by atoms with Crippen LogP contribution >= 0.6 is 11.3 Å². The third kappa shape index (κ3) is 3.47. The number of aromatic nitrogens is 2. The molecule has 2 aromatic heterocycles. The van der Waals surface area contributed by atoms with Gasteiger partial charge >= 0.3 is 0 Å². The summed E-state index contributed by atoms with van der Waals surface area (Å²) in [6, 6.07) is 0. The van der Waals surface area contributed by atoms with Crippen molar-refractivity contribution in [3.63, 3.8) is 0 Å². The lowest BCUT2D eigenvalue weighted by molar-refractivity contribution is 0.128. The summed E-state index contributed by atoms with van der Waals surface area (Å²) in [7, 11) is 0. The lowest BCUT2D eigenvalue weighted by Crippen LogP contribution is -2.32. The number of fused-ring (bicyclic) bond motifs is 1. The predicted molar refractivity (Wildman–Crippen MR) is 86.8 cm³/mol. The number of hydrogen-bond acceptors (Lipinski definition) is 4. The fourth-order valence-corrected chi connectivity index (χ4v) is 3.84. The first-order valence-electron chi connectivity index (χ1n) is 7.79. The number of aliphatic hydroxyl groups excluding tert-OH is 1. The molecule has 5 heteroatoms. The molecule has 1 aliphatic rings. The summed E-state index contributed by atoms with van der Waals surface area (Å²) >= 11 is 1.71. The molecule has 2 heterocycles. The van der Waals surface area contributed by atoms with Gasteiger partial charge in [0.15, 0.2) is 4.96 Å². The molecule has 0 amide bonds. The van der Waals surface area contributed by atoms with Crippen LogP contribution in [0.15, 0.2) is 11.6 Å². The molecule has 0 saturated heterocycles. The van der Waals surface area contributed by atoms with E-state index < -0.39 is 0 Å². The highest BCUT2D eigenvalue weighted by Gasteiger charge is 2.30. The van der Waals surface area contributed by atoms with Gasteiger partial charge in [0.2, 0.25) is 0 Å². The zero-order valence-corrected chi connectivity index (χ0v) is 13.9. The summed E-state index contributed by atoms with van der Waals surface area (Å²) < 4.78 is 2.23. The Morgan fingerprint density at radius 3 is 2.95 bits per heavy atom. The summed E-state index contributed by atoms with van der Waals surface area (Å²) in [6.07, 6.45) is 5.26. The van der Waals surface area contributed by atoms with E-state index in [-0.39, 0.29) is 11.5 Å². The monoisotopic (exact) mass is 307 g/mol. The standard InChI is InChI=1S/C16H25N3OS/c1-11(20)8-16(2,3)10-17-9-13-14(12-4-5-12)18-15-19(13)6-7-21-15/h6-7,11-12,17,20H,4-5,8-10H2,1-3H3. The molecule has 0 aliphatic heterocycles. The van der Waals surface area contributed by atoms with E-state index in [1.165, 1.54) is 24.2 Å². The number of imidazole rings is 1. The maximum Gasteiger partial charge on any atom is 0.194 e. The minimum Gasteiger partial charge on any atom is -0.393 e. The first-order chi connectivity index (χ1) is 9.96. The highest BCUT2D eigenvalue weighted by molar-refractivity contribution is 7.15. The third-order valence-electron chi connectivity index (χ3n) is 4.10. The molecule has 1 fully saturated rings. The zero-order chi connectivity index (χ0) is 15.0. The minimum absolute atomic E-state index is 0.104. The van der Waals surface area contributed by atoms with Crippen LogP contribution in [0.4, 0.5) is 0 Å². The van der Waals surface area contributed by atoms with Crippen molar-refractivity contribution in [3.05, 3.63) is 23.0 Å². The van der Waals surface area contributed by atoms with Crippen molar-refractivity contribution in [1.29, 1.82) is 0 Å². The highest BCUT2D eigenvalue weighted by atomic mass is 32.1. The Bertz CT molecular complexity index is 610. The molecule has 0 spiro atoms. The van der Waals surface area contributed by atoms with Gasteiger partial charge in [-0.3, -0.25) is 4.40 Å². The van der Waals surface area contributed by atoms with E-state index in [1.807, 2.05) is 6.92 Å². The number of nitrogens with zero attached hydrogens (tertiary/aromatic N) is 2. The second-order valence-corrected chi connectivity index (χ2v) is 7.97. The Kier molecular flexibility index (Phi) is 4.08. The van der Waals surface area contributed by atoms with Crippen LogP contribution in [0.5, 0.6) is 0 Å².